The Bertz CT molecular complexity index is 1650. The number of carbonyl (C=O) groups is 2. The molecule has 0 aromatic rings. The van der Waals surface area contributed by atoms with Crippen LogP contribution < -0.4 is 5.32 Å². The number of aliphatic hydroxyl groups excluding tert-OH is 9. The summed E-state index contributed by atoms with van der Waals surface area (Å²) in [6, 6.07) is 0. The van der Waals surface area contributed by atoms with Crippen LogP contribution in [0.15, 0.2) is 11.6 Å². The highest BCUT2D eigenvalue weighted by Gasteiger charge is 2.63. The number of aliphatic hydroxyl groups is 9. The molecule has 1 amide bonds. The molecule has 18 heteroatoms. The number of nitrogens with one attached hydrogen (secondary N) is 1. The summed E-state index contributed by atoms with van der Waals surface area (Å²) in [7, 11) is 0. The minimum atomic E-state index is -1.74. The second-order valence-corrected chi connectivity index (χ2v) is 20.8. The molecule has 4 aliphatic carbocycles. The Hall–Kier alpha value is -1.72. The lowest BCUT2D eigenvalue weighted by Gasteiger charge is -2.58. The van der Waals surface area contributed by atoms with Crippen LogP contribution in [0.5, 0.6) is 0 Å². The van der Waals surface area contributed by atoms with Crippen LogP contribution in [-0.2, 0) is 38.0 Å². The molecule has 18 nitrogen and oxygen atoms in total. The van der Waals surface area contributed by atoms with E-state index in [0.717, 1.165) is 25.7 Å². The smallest absolute Gasteiger partial charge is 0.216 e. The molecule has 3 saturated heterocycles. The summed E-state index contributed by atoms with van der Waals surface area (Å²) >= 11 is 0. The van der Waals surface area contributed by atoms with Crippen LogP contribution in [0, 0.1) is 46.3 Å². The average molecular weight is 914 g/mol. The molecule has 3 aliphatic heterocycles. The van der Waals surface area contributed by atoms with Crippen molar-refractivity contribution in [2.24, 2.45) is 46.3 Å². The third-order valence-electron chi connectivity index (χ3n) is 16.8. The van der Waals surface area contributed by atoms with Crippen LogP contribution >= 0.6 is 0 Å². The van der Waals surface area contributed by atoms with Gasteiger partial charge in [0.05, 0.1) is 31.5 Å². The quantitative estimate of drug-likeness (QED) is 0.101. The molecule has 6 fully saturated rings. The Kier molecular flexibility index (Phi) is 15.7. The molecular formula is C46H75NO17. The Morgan fingerprint density at radius 1 is 0.828 bits per heavy atom. The van der Waals surface area contributed by atoms with Crippen molar-refractivity contribution >= 4 is 11.7 Å². The Morgan fingerprint density at radius 3 is 2.22 bits per heavy atom. The Labute approximate surface area is 375 Å². The lowest BCUT2D eigenvalue weighted by atomic mass is 9.47. The topological polar surface area (TPSA) is 284 Å². The zero-order valence-corrected chi connectivity index (χ0v) is 38.1. The fourth-order valence-electron chi connectivity index (χ4n) is 12.9. The fraction of sp³-hybridized carbons (Fsp3) is 0.913. The number of amides is 1. The normalized spacial score (nSPS) is 49.1. The number of rotatable bonds is 14. The Morgan fingerprint density at radius 2 is 1.52 bits per heavy atom. The second kappa shape index (κ2) is 20.1. The van der Waals surface area contributed by atoms with Gasteiger partial charge in [0.15, 0.2) is 18.9 Å². The van der Waals surface area contributed by atoms with E-state index in [4.69, 9.17) is 28.4 Å². The van der Waals surface area contributed by atoms with E-state index in [1.165, 1.54) is 19.4 Å². The molecule has 3 saturated carbocycles. The van der Waals surface area contributed by atoms with Crippen LogP contribution in [0.1, 0.15) is 99.3 Å². The van der Waals surface area contributed by atoms with E-state index in [1.54, 1.807) is 0 Å². The maximum Gasteiger partial charge on any atom is 0.216 e. The molecule has 3 heterocycles. The van der Waals surface area contributed by atoms with Gasteiger partial charge in [0, 0.05) is 25.8 Å². The van der Waals surface area contributed by atoms with Crippen molar-refractivity contribution in [1.82, 2.24) is 5.32 Å². The van der Waals surface area contributed by atoms with E-state index in [9.17, 15) is 55.5 Å². The molecule has 10 N–H and O–H groups in total. The van der Waals surface area contributed by atoms with Gasteiger partial charge in [0.1, 0.15) is 66.8 Å². The summed E-state index contributed by atoms with van der Waals surface area (Å²) in [6.45, 7) is 11.1. The van der Waals surface area contributed by atoms with E-state index in [0.29, 0.717) is 50.5 Å². The zero-order valence-electron chi connectivity index (χ0n) is 38.1. The third-order valence-corrected chi connectivity index (χ3v) is 16.8. The molecule has 7 aliphatic rings. The molecular weight excluding hydrogens is 838 g/mol. The number of allylic oxidation sites excluding steroid dienone is 1. The van der Waals surface area contributed by atoms with Gasteiger partial charge in [-0.05, 0) is 98.7 Å². The standard InChI is InChI=1S/C46H75NO17/c1-20(17-47-23(4)49)7-10-29(50)21(2)33-30(51)16-28-26-9-8-24-15-25(11-13-45(24,5)27(26)12-14-46(28,33)6)61-43-39(58)37(56)40(32(18-48)62-43)63-44-41(36(55)34(53)22(3)60-44)64-42-38(57)35(54)31(52)19-59-42/h8,20-22,25-28,30-44,48,51-58H,7,9-19H2,1-6H3,(H,47,49)/t20-,21+,22-,25-,26+,27-,28+,30+,31+,32+,33-,34-,35-,36+,37+,38+,39+,40+,41+,42-,43+,44-,45-,46-/m0/s1. The van der Waals surface area contributed by atoms with E-state index < -0.39 is 105 Å². The maximum absolute atomic E-state index is 13.6. The molecule has 0 aromatic carbocycles. The van der Waals surface area contributed by atoms with Gasteiger partial charge < -0.3 is 79.7 Å². The summed E-state index contributed by atoms with van der Waals surface area (Å²) < 4.78 is 35.4. The summed E-state index contributed by atoms with van der Waals surface area (Å²) in [6.07, 6.45) is -13.0. The molecule has 0 unspecified atom stereocenters. The van der Waals surface area contributed by atoms with E-state index in [-0.39, 0.29) is 52.3 Å². The summed E-state index contributed by atoms with van der Waals surface area (Å²) in [4.78, 5) is 25.0. The SMILES string of the molecule is CC(=O)NC[C@@H](C)CCC(=O)[C@@H](C)[C@H]1[C@H](O)C[C@@H]2[C@@H]3CC=C4C[C@@H](O[C@@H]5O[C@H](CO)[C@@H](O[C@@H]6O[C@@H](C)[C@H](O)[C@@H](O)[C@H]6O[C@@H]6OC[C@@H](O)[C@H](O)[C@H]6O)[C@H](O)[C@H]5O)CC[C@]4(C)[C@H]3CC[C@]12C. The van der Waals surface area contributed by atoms with Gasteiger partial charge in [-0.3, -0.25) is 9.59 Å². The van der Waals surface area contributed by atoms with Crippen LogP contribution in [0.2, 0.25) is 0 Å². The highest BCUT2D eigenvalue weighted by atomic mass is 16.8. The molecule has 7 rings (SSSR count). The van der Waals surface area contributed by atoms with Gasteiger partial charge in [-0.2, -0.15) is 0 Å². The number of ether oxygens (including phenoxy) is 6. The van der Waals surface area contributed by atoms with Crippen LogP contribution in [-0.4, -0.2) is 176 Å². The van der Waals surface area contributed by atoms with Crippen molar-refractivity contribution < 1.29 is 84.0 Å². The lowest BCUT2D eigenvalue weighted by molar-refractivity contribution is -0.382. The summed E-state index contributed by atoms with van der Waals surface area (Å²) in [5.74, 6) is 0.901. The van der Waals surface area contributed by atoms with Crippen LogP contribution in [0.3, 0.4) is 0 Å². The predicted molar refractivity (Wildman–Crippen MR) is 224 cm³/mol. The molecule has 24 atom stereocenters. The van der Waals surface area contributed by atoms with Crippen molar-refractivity contribution in [2.75, 3.05) is 19.8 Å². The van der Waals surface area contributed by atoms with Crippen LogP contribution in [0.4, 0.5) is 0 Å². The molecule has 0 spiro atoms. The number of carbonyl (C=O) groups excluding carboxylic acids is 2. The highest BCUT2D eigenvalue weighted by Crippen LogP contribution is 2.67. The van der Waals surface area contributed by atoms with Crippen molar-refractivity contribution in [1.29, 1.82) is 0 Å². The first-order chi connectivity index (χ1) is 30.2. The monoisotopic (exact) mass is 914 g/mol. The highest BCUT2D eigenvalue weighted by molar-refractivity contribution is 5.81. The van der Waals surface area contributed by atoms with Gasteiger partial charge in [-0.25, -0.2) is 0 Å². The van der Waals surface area contributed by atoms with E-state index in [2.05, 4.69) is 25.2 Å². The van der Waals surface area contributed by atoms with Crippen molar-refractivity contribution in [3.63, 3.8) is 0 Å². The van der Waals surface area contributed by atoms with Gasteiger partial charge >= 0.3 is 0 Å². The number of Topliss-reactive ketones (excluding diaryl/α,β-unsaturated/α-hetero) is 1. The molecule has 64 heavy (non-hydrogen) atoms. The van der Waals surface area contributed by atoms with E-state index >= 15 is 0 Å². The zero-order chi connectivity index (χ0) is 46.6. The van der Waals surface area contributed by atoms with Gasteiger partial charge in [0.2, 0.25) is 5.91 Å². The van der Waals surface area contributed by atoms with Crippen molar-refractivity contribution in [3.05, 3.63) is 11.6 Å². The number of fused-ring (bicyclic) bond motifs is 5. The van der Waals surface area contributed by atoms with Gasteiger partial charge in [0.25, 0.3) is 0 Å². The van der Waals surface area contributed by atoms with Crippen molar-refractivity contribution in [2.45, 2.75) is 198 Å². The first kappa shape index (κ1) is 50.2. The summed E-state index contributed by atoms with van der Waals surface area (Å²) in [5, 5.41) is 99.9. The second-order valence-electron chi connectivity index (χ2n) is 20.8. The van der Waals surface area contributed by atoms with Gasteiger partial charge in [-0.15, -0.1) is 0 Å². The molecule has 366 valence electrons. The van der Waals surface area contributed by atoms with Crippen molar-refractivity contribution in [3.8, 4) is 0 Å². The fourth-order valence-corrected chi connectivity index (χ4v) is 12.9. The molecule has 0 aromatic heterocycles. The largest absolute Gasteiger partial charge is 0.394 e. The molecule has 0 radical (unpaired) electrons. The average Bonchev–Trinajstić information content (AvgIpc) is 3.54. The predicted octanol–water partition coefficient (Wildman–Crippen LogP) is -0.206. The summed E-state index contributed by atoms with van der Waals surface area (Å²) in [5.41, 5.74) is 0.994. The lowest BCUT2D eigenvalue weighted by Crippen LogP contribution is -2.66. The van der Waals surface area contributed by atoms with Crippen LogP contribution in [0.25, 0.3) is 0 Å². The number of hydrogen-bond donors (Lipinski definition) is 10. The molecule has 0 bridgehead atoms. The minimum Gasteiger partial charge on any atom is -0.394 e. The van der Waals surface area contributed by atoms with Gasteiger partial charge in [-0.1, -0.05) is 39.3 Å². The maximum atomic E-state index is 13.6. The first-order valence-electron chi connectivity index (χ1n) is 23.6. The third kappa shape index (κ3) is 9.63. The number of ketones is 1. The van der Waals surface area contributed by atoms with E-state index in [1.807, 2.05) is 13.8 Å². The minimum absolute atomic E-state index is 0.0825. The number of hydrogen-bond acceptors (Lipinski definition) is 17. The first-order valence-corrected chi connectivity index (χ1v) is 23.6. The Balaban J connectivity index is 0.972.